The summed E-state index contributed by atoms with van der Waals surface area (Å²) in [5.74, 6) is 0.151. The number of amides is 1. The molecule has 6 nitrogen and oxygen atoms in total. The Morgan fingerprint density at radius 2 is 2.07 bits per heavy atom. The van der Waals surface area contributed by atoms with E-state index in [9.17, 15) is 9.59 Å². The van der Waals surface area contributed by atoms with E-state index in [0.717, 1.165) is 40.9 Å². The molecule has 6 heteroatoms. The van der Waals surface area contributed by atoms with Crippen molar-refractivity contribution in [2.75, 3.05) is 11.9 Å². The number of ketones is 1. The highest BCUT2D eigenvalue weighted by Crippen LogP contribution is 2.53. The third-order valence-corrected chi connectivity index (χ3v) is 6.51. The van der Waals surface area contributed by atoms with Gasteiger partial charge in [-0.2, -0.15) is 10.2 Å². The van der Waals surface area contributed by atoms with E-state index < -0.39 is 5.41 Å². The Bertz CT molecular complexity index is 988. The van der Waals surface area contributed by atoms with E-state index in [-0.39, 0.29) is 23.3 Å². The first-order chi connectivity index (χ1) is 13.7. The minimum atomic E-state index is -0.587. The highest BCUT2D eigenvalue weighted by Gasteiger charge is 2.53. The number of Topliss-reactive ketones (excluding diaryl/α,β-unsaturated/α-hetero) is 1. The van der Waals surface area contributed by atoms with Crippen molar-refractivity contribution in [1.82, 2.24) is 5.32 Å². The van der Waals surface area contributed by atoms with E-state index in [1.54, 1.807) is 25.1 Å². The molecule has 152 valence electrons. The predicted octanol–water partition coefficient (Wildman–Crippen LogP) is 4.24. The fourth-order valence-electron chi connectivity index (χ4n) is 5.05. The molecule has 0 saturated carbocycles. The van der Waals surface area contributed by atoms with E-state index in [2.05, 4.69) is 42.4 Å². The maximum atomic E-state index is 13.5. The molecule has 1 unspecified atom stereocenters. The minimum Gasteiger partial charge on any atom is -0.362 e. The lowest BCUT2D eigenvalue weighted by molar-refractivity contribution is -0.119. The summed E-state index contributed by atoms with van der Waals surface area (Å²) in [4.78, 5) is 27.0. The fraction of sp³-hybridized carbons (Fsp3) is 0.478. The zero-order valence-corrected chi connectivity index (χ0v) is 17.7. The summed E-state index contributed by atoms with van der Waals surface area (Å²) in [7, 11) is 1.77. The summed E-state index contributed by atoms with van der Waals surface area (Å²) in [5, 5.41) is 12.1. The number of carbonyl (C=O) groups excluding carboxylic acids is 2. The average molecular weight is 393 g/mol. The van der Waals surface area contributed by atoms with Gasteiger partial charge in [-0.15, -0.1) is 0 Å². The van der Waals surface area contributed by atoms with Crippen LogP contribution < -0.4 is 10.2 Å². The Labute approximate surface area is 171 Å². The second-order valence-electron chi connectivity index (χ2n) is 9.04. The Morgan fingerprint density at radius 3 is 2.76 bits per heavy atom. The lowest BCUT2D eigenvalue weighted by Crippen LogP contribution is -2.51. The van der Waals surface area contributed by atoms with Crippen molar-refractivity contribution in [2.45, 2.75) is 58.5 Å². The molecule has 0 fully saturated rings. The summed E-state index contributed by atoms with van der Waals surface area (Å²) in [6.45, 7) is 7.93. The van der Waals surface area contributed by atoms with Crippen LogP contribution in [0.1, 0.15) is 52.5 Å². The number of benzene rings is 1. The molecule has 0 bridgehead atoms. The van der Waals surface area contributed by atoms with Crippen LogP contribution in [0.25, 0.3) is 0 Å². The number of allylic oxidation sites excluding steroid dienone is 2. The zero-order chi connectivity index (χ0) is 21.0. The van der Waals surface area contributed by atoms with Crippen LogP contribution in [0.15, 0.2) is 57.5 Å². The summed E-state index contributed by atoms with van der Waals surface area (Å²) >= 11 is 0. The summed E-state index contributed by atoms with van der Waals surface area (Å²) in [5.41, 5.74) is 3.99. The van der Waals surface area contributed by atoms with Crippen molar-refractivity contribution in [3.8, 4) is 0 Å². The van der Waals surface area contributed by atoms with Crippen molar-refractivity contribution in [3.63, 3.8) is 0 Å². The largest absolute Gasteiger partial charge is 0.362 e. The van der Waals surface area contributed by atoms with Gasteiger partial charge in [-0.05, 0) is 36.0 Å². The van der Waals surface area contributed by atoms with Gasteiger partial charge in [0.1, 0.15) is 0 Å². The first-order valence-corrected chi connectivity index (χ1v) is 10.2. The number of hydrogen-bond donors (Lipinski definition) is 1. The van der Waals surface area contributed by atoms with Crippen LogP contribution in [-0.4, -0.2) is 24.9 Å². The molecule has 0 spiro atoms. The molecule has 1 aromatic rings. The molecule has 1 N–H and O–H groups in total. The molecule has 1 amide bonds. The van der Waals surface area contributed by atoms with E-state index >= 15 is 0 Å². The second-order valence-corrected chi connectivity index (χ2v) is 9.04. The number of nitrogens with zero attached hydrogens (tertiary/aromatic N) is 3. The fourth-order valence-corrected chi connectivity index (χ4v) is 5.05. The van der Waals surface area contributed by atoms with E-state index in [0.29, 0.717) is 6.42 Å². The van der Waals surface area contributed by atoms with Crippen LogP contribution in [0.3, 0.4) is 0 Å². The van der Waals surface area contributed by atoms with Crippen molar-refractivity contribution in [1.29, 1.82) is 0 Å². The van der Waals surface area contributed by atoms with Gasteiger partial charge in [0.25, 0.3) is 0 Å². The highest BCUT2D eigenvalue weighted by atomic mass is 16.2. The Morgan fingerprint density at radius 1 is 1.31 bits per heavy atom. The standard InChI is InChI=1S/C23H28N4O2/c1-6-23(15-8-7-9-16(10-15)27(5)14(2)28)17-13-24-26-21(17)25-18-11-22(3,4)12-19(29)20(18)23/h7-10,13,21,25H,6,11-12H2,1-5H3/t21?,23-/m1/s1. The van der Waals surface area contributed by atoms with Crippen molar-refractivity contribution >= 4 is 17.4 Å². The predicted molar refractivity (Wildman–Crippen MR) is 112 cm³/mol. The SMILES string of the molecule is CC[C@@]1(c2cccc(N(C)C(C)=O)c2)C2=CN=NC2NC2=C1C(=O)CC(C)(C)C2. The van der Waals surface area contributed by atoms with Crippen LogP contribution in [0.5, 0.6) is 0 Å². The lowest BCUT2D eigenvalue weighted by atomic mass is 9.59. The average Bonchev–Trinajstić information content (AvgIpc) is 3.13. The molecular formula is C23H28N4O2. The number of anilines is 1. The van der Waals surface area contributed by atoms with Gasteiger partial charge in [0, 0.05) is 42.9 Å². The van der Waals surface area contributed by atoms with Crippen molar-refractivity contribution in [2.24, 2.45) is 15.6 Å². The smallest absolute Gasteiger partial charge is 0.223 e. The Kier molecular flexibility index (Phi) is 4.48. The molecule has 3 aliphatic rings. The highest BCUT2D eigenvalue weighted by molar-refractivity contribution is 6.01. The molecule has 29 heavy (non-hydrogen) atoms. The van der Waals surface area contributed by atoms with Gasteiger partial charge in [0.05, 0.1) is 11.6 Å². The molecule has 4 rings (SSSR count). The van der Waals surface area contributed by atoms with Gasteiger partial charge >= 0.3 is 0 Å². The van der Waals surface area contributed by atoms with Crippen LogP contribution in [-0.2, 0) is 15.0 Å². The third-order valence-electron chi connectivity index (χ3n) is 6.51. The molecule has 1 aromatic carbocycles. The first-order valence-electron chi connectivity index (χ1n) is 10.2. The minimum absolute atomic E-state index is 0.0311. The third kappa shape index (κ3) is 2.93. The topological polar surface area (TPSA) is 74.1 Å². The summed E-state index contributed by atoms with van der Waals surface area (Å²) in [6.07, 6.45) is 3.61. The number of azo groups is 1. The molecule has 0 radical (unpaired) electrons. The normalized spacial score (nSPS) is 27.1. The molecule has 2 aliphatic heterocycles. The van der Waals surface area contributed by atoms with Gasteiger partial charge in [-0.3, -0.25) is 9.59 Å². The number of carbonyl (C=O) groups is 2. The van der Waals surface area contributed by atoms with Crippen LogP contribution in [0.4, 0.5) is 5.69 Å². The van der Waals surface area contributed by atoms with Gasteiger partial charge < -0.3 is 10.2 Å². The van der Waals surface area contributed by atoms with E-state index in [1.807, 2.05) is 18.2 Å². The monoisotopic (exact) mass is 392 g/mol. The summed E-state index contributed by atoms with van der Waals surface area (Å²) < 4.78 is 0. The van der Waals surface area contributed by atoms with Crippen molar-refractivity contribution < 1.29 is 9.59 Å². The Hall–Kier alpha value is -2.76. The number of nitrogens with one attached hydrogen (secondary N) is 1. The summed E-state index contributed by atoms with van der Waals surface area (Å²) in [6, 6.07) is 7.97. The molecule has 2 heterocycles. The lowest BCUT2D eigenvalue weighted by Gasteiger charge is -2.48. The maximum Gasteiger partial charge on any atom is 0.223 e. The molecule has 1 aliphatic carbocycles. The molecule has 0 aromatic heterocycles. The quantitative estimate of drug-likeness (QED) is 0.836. The number of fused-ring (bicyclic) bond motifs is 1. The van der Waals surface area contributed by atoms with Crippen molar-refractivity contribution in [3.05, 3.63) is 52.9 Å². The van der Waals surface area contributed by atoms with Gasteiger partial charge in [-0.1, -0.05) is 32.9 Å². The molecular weight excluding hydrogens is 364 g/mol. The number of rotatable bonds is 3. The van der Waals surface area contributed by atoms with E-state index in [4.69, 9.17) is 0 Å². The van der Waals surface area contributed by atoms with E-state index in [1.165, 1.54) is 0 Å². The van der Waals surface area contributed by atoms with Gasteiger partial charge in [0.15, 0.2) is 11.9 Å². The molecule has 0 saturated heterocycles. The Balaban J connectivity index is 1.96. The van der Waals surface area contributed by atoms with Gasteiger partial charge in [-0.25, -0.2) is 0 Å². The maximum absolute atomic E-state index is 13.5. The van der Waals surface area contributed by atoms with Crippen LogP contribution in [0, 0.1) is 5.41 Å². The number of hydrogen-bond acceptors (Lipinski definition) is 5. The second kappa shape index (κ2) is 6.65. The first kappa shape index (κ1) is 19.6. The zero-order valence-electron chi connectivity index (χ0n) is 17.7. The van der Waals surface area contributed by atoms with Crippen LogP contribution in [0.2, 0.25) is 0 Å². The van der Waals surface area contributed by atoms with Crippen LogP contribution >= 0.6 is 0 Å². The molecule has 2 atom stereocenters. The van der Waals surface area contributed by atoms with Gasteiger partial charge in [0.2, 0.25) is 5.91 Å².